The number of nitrogens with zero attached hydrogens (tertiary/aromatic N) is 6. The minimum Gasteiger partial charge on any atom is -0.347 e. The van der Waals surface area contributed by atoms with Gasteiger partial charge in [-0.2, -0.15) is 32.4 Å². The molecule has 0 saturated carbocycles. The van der Waals surface area contributed by atoms with Crippen LogP contribution in [0, 0.1) is 0 Å². The first kappa shape index (κ1) is 16.8. The summed E-state index contributed by atoms with van der Waals surface area (Å²) in [5, 5.41) is 0. The van der Waals surface area contributed by atoms with E-state index in [1.807, 2.05) is 28.2 Å². The first-order valence-electron chi connectivity index (χ1n) is 7.14. The van der Waals surface area contributed by atoms with Gasteiger partial charge in [0.25, 0.3) is 10.2 Å². The number of aromatic nitrogens is 3. The van der Waals surface area contributed by atoms with E-state index in [2.05, 4.69) is 19.7 Å². The van der Waals surface area contributed by atoms with E-state index in [-0.39, 0.29) is 6.54 Å². The third kappa shape index (κ3) is 4.02. The first-order chi connectivity index (χ1) is 10.3. The molecule has 1 aliphatic rings. The summed E-state index contributed by atoms with van der Waals surface area (Å²) in [6.07, 6.45) is 1.81. The van der Waals surface area contributed by atoms with Gasteiger partial charge in [0.1, 0.15) is 0 Å². The molecule has 1 N–H and O–H groups in total. The highest BCUT2D eigenvalue weighted by Gasteiger charge is 2.25. The first-order valence-corrected chi connectivity index (χ1v) is 8.58. The van der Waals surface area contributed by atoms with Gasteiger partial charge in [0.05, 0.1) is 6.54 Å². The second kappa shape index (κ2) is 6.71. The molecule has 0 atom stereocenters. The molecule has 10 heteroatoms. The summed E-state index contributed by atoms with van der Waals surface area (Å²) in [6.45, 7) is 1.18. The van der Waals surface area contributed by atoms with E-state index >= 15 is 0 Å². The molecule has 0 amide bonds. The molecule has 1 fully saturated rings. The second-order valence-electron chi connectivity index (χ2n) is 5.57. The fourth-order valence-electron chi connectivity index (χ4n) is 2.05. The summed E-state index contributed by atoms with van der Waals surface area (Å²) >= 11 is 0. The van der Waals surface area contributed by atoms with Gasteiger partial charge in [-0.3, -0.25) is 0 Å². The van der Waals surface area contributed by atoms with Crippen molar-refractivity contribution in [2.75, 3.05) is 51.1 Å². The summed E-state index contributed by atoms with van der Waals surface area (Å²) in [4.78, 5) is 16.4. The predicted octanol–water partition coefficient (Wildman–Crippen LogP) is -0.566. The van der Waals surface area contributed by atoms with Crippen LogP contribution in [0.4, 0.5) is 11.9 Å². The maximum atomic E-state index is 12.2. The fourth-order valence-corrected chi connectivity index (χ4v) is 3.28. The average molecular weight is 329 g/mol. The summed E-state index contributed by atoms with van der Waals surface area (Å²) in [6, 6.07) is 0. The topological polar surface area (TPSA) is 94.6 Å². The molecule has 22 heavy (non-hydrogen) atoms. The number of hydrogen-bond acceptors (Lipinski definition) is 7. The maximum Gasteiger partial charge on any atom is 0.279 e. The molecule has 2 rings (SSSR count). The van der Waals surface area contributed by atoms with Crippen LogP contribution in [0.5, 0.6) is 0 Å². The molecule has 0 unspecified atom stereocenters. The lowest BCUT2D eigenvalue weighted by Crippen LogP contribution is -2.39. The molecule has 124 valence electrons. The van der Waals surface area contributed by atoms with E-state index in [0.29, 0.717) is 30.8 Å². The van der Waals surface area contributed by atoms with Crippen LogP contribution in [0.3, 0.4) is 0 Å². The van der Waals surface area contributed by atoms with Crippen LogP contribution >= 0.6 is 0 Å². The number of hydrogen-bond donors (Lipinski definition) is 1. The minimum absolute atomic E-state index is 0.0447. The molecule has 1 aliphatic heterocycles. The molecular weight excluding hydrogens is 306 g/mol. The van der Waals surface area contributed by atoms with Crippen LogP contribution in [0.25, 0.3) is 0 Å². The van der Waals surface area contributed by atoms with Gasteiger partial charge in [-0.05, 0) is 12.8 Å². The van der Waals surface area contributed by atoms with Gasteiger partial charge in [-0.15, -0.1) is 0 Å². The van der Waals surface area contributed by atoms with Crippen LogP contribution < -0.4 is 14.5 Å². The molecule has 0 aliphatic carbocycles. The Morgan fingerprint density at radius 1 is 1.00 bits per heavy atom. The molecule has 0 aromatic carbocycles. The Kier molecular flexibility index (Phi) is 5.14. The molecular formula is C12H23N7O2S. The highest BCUT2D eigenvalue weighted by atomic mass is 32.2. The molecule has 1 aromatic rings. The van der Waals surface area contributed by atoms with Crippen LogP contribution in [0.15, 0.2) is 0 Å². The normalized spacial score (nSPS) is 16.0. The van der Waals surface area contributed by atoms with E-state index in [9.17, 15) is 8.42 Å². The van der Waals surface area contributed by atoms with Gasteiger partial charge in [-0.1, -0.05) is 0 Å². The Hall–Kier alpha value is -1.52. The predicted molar refractivity (Wildman–Crippen MR) is 85.0 cm³/mol. The molecule has 0 spiro atoms. The van der Waals surface area contributed by atoms with Gasteiger partial charge in [0.2, 0.25) is 11.9 Å². The average Bonchev–Trinajstić information content (AvgIpc) is 3.00. The summed E-state index contributed by atoms with van der Waals surface area (Å²) < 4.78 is 28.3. The number of rotatable bonds is 6. The van der Waals surface area contributed by atoms with Crippen molar-refractivity contribution in [2.45, 2.75) is 19.4 Å². The van der Waals surface area contributed by atoms with Crippen molar-refractivity contribution < 1.29 is 8.42 Å². The molecule has 0 bridgehead atoms. The lowest BCUT2D eigenvalue weighted by atomic mass is 10.4. The van der Waals surface area contributed by atoms with E-state index in [4.69, 9.17) is 0 Å². The van der Waals surface area contributed by atoms with E-state index in [0.717, 1.165) is 12.8 Å². The molecule has 1 aromatic heterocycles. The summed E-state index contributed by atoms with van der Waals surface area (Å²) in [5.74, 6) is 1.38. The van der Waals surface area contributed by atoms with Crippen LogP contribution in [0.2, 0.25) is 0 Å². The number of anilines is 2. The number of nitrogens with one attached hydrogen (secondary N) is 1. The maximum absolute atomic E-state index is 12.2. The smallest absolute Gasteiger partial charge is 0.279 e. The fraction of sp³-hybridized carbons (Fsp3) is 0.750. The van der Waals surface area contributed by atoms with Gasteiger partial charge >= 0.3 is 0 Å². The van der Waals surface area contributed by atoms with E-state index in [1.165, 1.54) is 4.31 Å². The SMILES string of the molecule is CN(C)c1nc(CNS(=O)(=O)N2CCCC2)nc(N(C)C)n1. The van der Waals surface area contributed by atoms with E-state index < -0.39 is 10.2 Å². The van der Waals surface area contributed by atoms with Crippen LogP contribution in [-0.2, 0) is 16.8 Å². The Labute approximate surface area is 131 Å². The highest BCUT2D eigenvalue weighted by molar-refractivity contribution is 7.87. The van der Waals surface area contributed by atoms with Crippen LogP contribution in [-0.4, -0.2) is 69.0 Å². The summed E-state index contributed by atoms with van der Waals surface area (Å²) in [5.41, 5.74) is 0. The Morgan fingerprint density at radius 3 is 1.95 bits per heavy atom. The Bertz CT molecular complexity index is 586. The minimum atomic E-state index is -3.47. The van der Waals surface area contributed by atoms with Gasteiger partial charge in [0.15, 0.2) is 5.82 Å². The van der Waals surface area contributed by atoms with Crippen molar-refractivity contribution in [3.8, 4) is 0 Å². The lowest BCUT2D eigenvalue weighted by Gasteiger charge is -2.18. The van der Waals surface area contributed by atoms with Gasteiger partial charge in [0, 0.05) is 41.3 Å². The summed E-state index contributed by atoms with van der Waals surface area (Å²) in [7, 11) is 3.84. The molecule has 1 saturated heterocycles. The van der Waals surface area contributed by atoms with Crippen molar-refractivity contribution in [1.82, 2.24) is 24.0 Å². The van der Waals surface area contributed by atoms with Crippen molar-refractivity contribution >= 4 is 22.1 Å². The lowest BCUT2D eigenvalue weighted by molar-refractivity contribution is 0.463. The van der Waals surface area contributed by atoms with Crippen LogP contribution in [0.1, 0.15) is 18.7 Å². The zero-order chi connectivity index (χ0) is 16.3. The van der Waals surface area contributed by atoms with Crippen molar-refractivity contribution in [3.63, 3.8) is 0 Å². The van der Waals surface area contributed by atoms with Crippen molar-refractivity contribution in [2.24, 2.45) is 0 Å². The highest BCUT2D eigenvalue weighted by Crippen LogP contribution is 2.13. The van der Waals surface area contributed by atoms with Crippen molar-refractivity contribution in [1.29, 1.82) is 0 Å². The van der Waals surface area contributed by atoms with E-state index in [1.54, 1.807) is 9.80 Å². The molecule has 0 radical (unpaired) electrons. The quantitative estimate of drug-likeness (QED) is 0.747. The monoisotopic (exact) mass is 329 g/mol. The standard InChI is InChI=1S/C12H23N7O2S/c1-17(2)11-14-10(15-12(16-11)18(3)4)9-13-22(20,21)19-7-5-6-8-19/h13H,5-9H2,1-4H3. The van der Waals surface area contributed by atoms with Crippen molar-refractivity contribution in [3.05, 3.63) is 5.82 Å². The molecule has 9 nitrogen and oxygen atoms in total. The Morgan fingerprint density at radius 2 is 1.50 bits per heavy atom. The second-order valence-corrected chi connectivity index (χ2v) is 7.33. The zero-order valence-electron chi connectivity index (χ0n) is 13.4. The molecule has 2 heterocycles. The zero-order valence-corrected chi connectivity index (χ0v) is 14.3. The van der Waals surface area contributed by atoms with Gasteiger partial charge < -0.3 is 9.80 Å². The largest absolute Gasteiger partial charge is 0.347 e. The third-order valence-electron chi connectivity index (χ3n) is 3.28. The Balaban J connectivity index is 2.14. The van der Waals surface area contributed by atoms with Gasteiger partial charge in [-0.25, -0.2) is 0 Å². The third-order valence-corrected chi connectivity index (χ3v) is 4.83.